The zero-order valence-corrected chi connectivity index (χ0v) is 13.8. The van der Waals surface area contributed by atoms with Crippen LogP contribution >= 0.6 is 11.6 Å². The van der Waals surface area contributed by atoms with E-state index >= 15 is 0 Å². The van der Waals surface area contributed by atoms with Gasteiger partial charge in [-0.05, 0) is 37.1 Å². The molecule has 1 N–H and O–H groups in total. The number of pyridine rings is 1. The van der Waals surface area contributed by atoms with Crippen molar-refractivity contribution in [3.05, 3.63) is 47.2 Å². The molecule has 1 spiro atoms. The second kappa shape index (κ2) is 5.98. The van der Waals surface area contributed by atoms with Crippen molar-refractivity contribution >= 4 is 23.2 Å². The first kappa shape index (κ1) is 15.3. The summed E-state index contributed by atoms with van der Waals surface area (Å²) in [6.45, 7) is 0. The van der Waals surface area contributed by atoms with Crippen molar-refractivity contribution in [3.63, 3.8) is 0 Å². The van der Waals surface area contributed by atoms with E-state index in [0.29, 0.717) is 17.0 Å². The lowest BCUT2D eigenvalue weighted by Gasteiger charge is -2.31. The molecule has 1 aliphatic heterocycles. The van der Waals surface area contributed by atoms with Gasteiger partial charge in [0.25, 0.3) is 11.7 Å². The highest BCUT2D eigenvalue weighted by Gasteiger charge is 2.42. The van der Waals surface area contributed by atoms with E-state index in [-0.39, 0.29) is 11.1 Å². The Morgan fingerprint density at radius 2 is 1.92 bits per heavy atom. The smallest absolute Gasteiger partial charge is 0.258 e. The third-order valence-corrected chi connectivity index (χ3v) is 4.71. The summed E-state index contributed by atoms with van der Waals surface area (Å²) in [7, 11) is 0. The number of amides is 1. The van der Waals surface area contributed by atoms with Crippen LogP contribution in [0.15, 0.2) is 36.5 Å². The van der Waals surface area contributed by atoms with Crippen LogP contribution in [0.3, 0.4) is 0 Å². The maximum Gasteiger partial charge on any atom is 0.258 e. The van der Waals surface area contributed by atoms with Crippen LogP contribution in [0.2, 0.25) is 5.15 Å². The highest BCUT2D eigenvalue weighted by Crippen LogP contribution is 2.46. The molecule has 1 aromatic carbocycles. The number of halogens is 1. The molecule has 1 amide bonds. The molecule has 2 aliphatic rings. The van der Waals surface area contributed by atoms with E-state index in [0.717, 1.165) is 31.4 Å². The summed E-state index contributed by atoms with van der Waals surface area (Å²) in [6, 6.07) is 8.73. The Hall–Kier alpha value is -2.27. The predicted molar refractivity (Wildman–Crippen MR) is 90.7 cm³/mol. The summed E-state index contributed by atoms with van der Waals surface area (Å²) in [4.78, 5) is 16.2. The number of hydrogen-bond acceptors (Lipinski definition) is 4. The van der Waals surface area contributed by atoms with E-state index in [1.807, 2.05) is 6.07 Å². The molecule has 0 unspecified atom stereocenters. The average Bonchev–Trinajstić information content (AvgIpc) is 2.92. The summed E-state index contributed by atoms with van der Waals surface area (Å²) in [5, 5.41) is 3.00. The highest BCUT2D eigenvalue weighted by molar-refractivity contribution is 6.33. The fourth-order valence-corrected chi connectivity index (χ4v) is 3.43. The third-order valence-electron chi connectivity index (χ3n) is 4.41. The van der Waals surface area contributed by atoms with E-state index < -0.39 is 5.79 Å². The van der Waals surface area contributed by atoms with E-state index in [2.05, 4.69) is 10.3 Å². The van der Waals surface area contributed by atoms with E-state index in [1.165, 1.54) is 6.42 Å². The number of nitrogens with one attached hydrogen (secondary N) is 1. The predicted octanol–water partition coefficient (Wildman–Crippen LogP) is 4.42. The van der Waals surface area contributed by atoms with Crippen molar-refractivity contribution in [1.29, 1.82) is 0 Å². The zero-order valence-electron chi connectivity index (χ0n) is 13.0. The summed E-state index contributed by atoms with van der Waals surface area (Å²) in [5.41, 5.74) is 0.968. The second-order valence-electron chi connectivity index (χ2n) is 6.13. The van der Waals surface area contributed by atoms with Gasteiger partial charge in [0.05, 0.1) is 5.56 Å². The van der Waals surface area contributed by atoms with Crippen molar-refractivity contribution < 1.29 is 14.3 Å². The number of carbonyl (C=O) groups excluding carboxylic acids is 1. The van der Waals surface area contributed by atoms with Gasteiger partial charge >= 0.3 is 0 Å². The largest absolute Gasteiger partial charge is 0.448 e. The first-order valence-electron chi connectivity index (χ1n) is 8.09. The first-order chi connectivity index (χ1) is 11.7. The molecule has 1 saturated carbocycles. The number of anilines is 1. The molecule has 24 heavy (non-hydrogen) atoms. The molecule has 1 aromatic heterocycles. The van der Waals surface area contributed by atoms with Crippen molar-refractivity contribution in [2.45, 2.75) is 37.9 Å². The van der Waals surface area contributed by atoms with Gasteiger partial charge < -0.3 is 14.8 Å². The zero-order chi connectivity index (χ0) is 16.6. The van der Waals surface area contributed by atoms with Gasteiger partial charge in [-0.2, -0.15) is 0 Å². The van der Waals surface area contributed by atoms with Gasteiger partial charge in [-0.3, -0.25) is 4.79 Å². The Kier molecular flexibility index (Phi) is 3.81. The monoisotopic (exact) mass is 344 g/mol. The van der Waals surface area contributed by atoms with Crippen LogP contribution in [-0.4, -0.2) is 16.7 Å². The Morgan fingerprint density at radius 3 is 2.71 bits per heavy atom. The number of aromatic nitrogens is 1. The molecule has 4 rings (SSSR count). The SMILES string of the molecule is O=C(Nc1ccc2c(c1)OC1(CCCCC1)O2)c1cccnc1Cl. The molecule has 0 radical (unpaired) electrons. The van der Waals surface area contributed by atoms with Crippen LogP contribution < -0.4 is 14.8 Å². The molecular formula is C18H17ClN2O3. The second-order valence-corrected chi connectivity index (χ2v) is 6.49. The van der Waals surface area contributed by atoms with Gasteiger partial charge in [0.15, 0.2) is 11.5 Å². The molecule has 6 heteroatoms. The topological polar surface area (TPSA) is 60.5 Å². The molecule has 0 saturated heterocycles. The lowest BCUT2D eigenvalue weighted by atomic mass is 9.94. The first-order valence-corrected chi connectivity index (χ1v) is 8.47. The minimum absolute atomic E-state index is 0.178. The summed E-state index contributed by atoms with van der Waals surface area (Å²) < 4.78 is 12.1. The van der Waals surface area contributed by atoms with Crippen LogP contribution in [0, 0.1) is 0 Å². The highest BCUT2D eigenvalue weighted by atomic mass is 35.5. The van der Waals surface area contributed by atoms with Crippen LogP contribution in [0.1, 0.15) is 42.5 Å². The van der Waals surface area contributed by atoms with Gasteiger partial charge in [-0.15, -0.1) is 0 Å². The number of fused-ring (bicyclic) bond motifs is 1. The minimum atomic E-state index is -0.518. The molecule has 124 valence electrons. The lowest BCUT2D eigenvalue weighted by Crippen LogP contribution is -2.40. The fourth-order valence-electron chi connectivity index (χ4n) is 3.22. The van der Waals surface area contributed by atoms with Crippen molar-refractivity contribution in [2.24, 2.45) is 0 Å². The Balaban J connectivity index is 1.52. The maximum atomic E-state index is 12.3. The van der Waals surface area contributed by atoms with Gasteiger partial charge in [0.1, 0.15) is 5.15 Å². The molecule has 1 aliphatic carbocycles. The standard InChI is InChI=1S/C18H17ClN2O3/c19-16-13(5-4-10-20-16)17(22)21-12-6-7-14-15(11-12)24-18(23-14)8-2-1-3-9-18/h4-7,10-11H,1-3,8-9H2,(H,21,22). The van der Waals surface area contributed by atoms with Gasteiger partial charge in [0.2, 0.25) is 0 Å². The van der Waals surface area contributed by atoms with Gasteiger partial charge in [-0.25, -0.2) is 4.98 Å². The number of benzene rings is 1. The van der Waals surface area contributed by atoms with Crippen LogP contribution in [0.4, 0.5) is 5.69 Å². The lowest BCUT2D eigenvalue weighted by molar-refractivity contribution is -0.105. The molecule has 2 aromatic rings. The number of hydrogen-bond donors (Lipinski definition) is 1. The molecule has 0 bridgehead atoms. The van der Waals surface area contributed by atoms with Crippen molar-refractivity contribution in [1.82, 2.24) is 4.98 Å². The van der Waals surface area contributed by atoms with Gasteiger partial charge in [0, 0.05) is 30.8 Å². The van der Waals surface area contributed by atoms with E-state index in [4.69, 9.17) is 21.1 Å². The molecule has 2 heterocycles. The fraction of sp³-hybridized carbons (Fsp3) is 0.333. The van der Waals surface area contributed by atoms with Crippen LogP contribution in [0.25, 0.3) is 0 Å². The Labute approximate surface area is 144 Å². The van der Waals surface area contributed by atoms with Crippen molar-refractivity contribution in [2.75, 3.05) is 5.32 Å². The Morgan fingerprint density at radius 1 is 1.12 bits per heavy atom. The maximum absolute atomic E-state index is 12.3. The summed E-state index contributed by atoms with van der Waals surface area (Å²) >= 11 is 5.96. The van der Waals surface area contributed by atoms with E-state index in [9.17, 15) is 4.79 Å². The number of ether oxygens (including phenoxy) is 2. The normalized spacial score (nSPS) is 17.7. The van der Waals surface area contributed by atoms with Gasteiger partial charge in [-0.1, -0.05) is 18.0 Å². The minimum Gasteiger partial charge on any atom is -0.448 e. The quantitative estimate of drug-likeness (QED) is 0.819. The number of carbonyl (C=O) groups is 1. The number of nitrogens with zero attached hydrogens (tertiary/aromatic N) is 1. The summed E-state index contributed by atoms with van der Waals surface area (Å²) in [5.74, 6) is 0.580. The summed E-state index contributed by atoms with van der Waals surface area (Å²) in [6.07, 6.45) is 6.78. The number of rotatable bonds is 2. The molecular weight excluding hydrogens is 328 g/mol. The van der Waals surface area contributed by atoms with Crippen LogP contribution in [-0.2, 0) is 0 Å². The van der Waals surface area contributed by atoms with E-state index in [1.54, 1.807) is 30.5 Å². The molecule has 0 atom stereocenters. The Bertz CT molecular complexity index is 788. The molecule has 1 fully saturated rings. The van der Waals surface area contributed by atoms with Crippen LogP contribution in [0.5, 0.6) is 11.5 Å². The van der Waals surface area contributed by atoms with Crippen molar-refractivity contribution in [3.8, 4) is 11.5 Å². The third kappa shape index (κ3) is 2.80. The molecule has 5 nitrogen and oxygen atoms in total. The average molecular weight is 345 g/mol.